The van der Waals surface area contributed by atoms with Crippen molar-refractivity contribution in [3.8, 4) is 0 Å². The van der Waals surface area contributed by atoms with E-state index in [0.29, 0.717) is 24.8 Å². The van der Waals surface area contributed by atoms with Crippen LogP contribution in [0.25, 0.3) is 0 Å². The Kier molecular flexibility index (Phi) is 6.17. The lowest BCUT2D eigenvalue weighted by Gasteiger charge is -2.42. The molecule has 0 saturated carbocycles. The molecule has 3 atom stereocenters. The first-order valence-corrected chi connectivity index (χ1v) is 9.97. The Bertz CT molecular complexity index is 609. The molecule has 0 N–H and O–H groups in total. The third kappa shape index (κ3) is 4.22. The molecule has 0 amide bonds. The molecule has 2 rings (SSSR count). The summed E-state index contributed by atoms with van der Waals surface area (Å²) in [6, 6.07) is 0.134. The smallest absolute Gasteiger partial charge is 0.357 e. The maximum absolute atomic E-state index is 12.8. The van der Waals surface area contributed by atoms with Crippen LogP contribution in [0.3, 0.4) is 0 Å². The van der Waals surface area contributed by atoms with E-state index >= 15 is 0 Å². The van der Waals surface area contributed by atoms with Crippen molar-refractivity contribution in [2.45, 2.75) is 57.9 Å². The van der Waals surface area contributed by atoms with Crippen molar-refractivity contribution < 1.29 is 18.5 Å². The van der Waals surface area contributed by atoms with E-state index < -0.39 is 17.0 Å². The summed E-state index contributed by atoms with van der Waals surface area (Å²) in [6.07, 6.45) is 0.516. The molecule has 1 aromatic rings. The Balaban J connectivity index is 2.17. The molecule has 24 heavy (non-hydrogen) atoms. The minimum absolute atomic E-state index is 0.134. The van der Waals surface area contributed by atoms with Gasteiger partial charge in [-0.25, -0.2) is 14.0 Å². The molecule has 1 aliphatic heterocycles. The van der Waals surface area contributed by atoms with Gasteiger partial charge in [0.05, 0.1) is 11.9 Å². The van der Waals surface area contributed by atoms with Crippen LogP contribution in [0.4, 0.5) is 0 Å². The quantitative estimate of drug-likeness (QED) is 0.757. The molecule has 1 saturated heterocycles. The average molecular weight is 375 g/mol. The molecule has 0 unspecified atom stereocenters. The fraction of sp³-hybridized carbons (Fsp3) is 0.750. The zero-order chi connectivity index (χ0) is 18.1. The first-order chi connectivity index (χ1) is 11.1. The second-order valence-electron chi connectivity index (χ2n) is 7.17. The van der Waals surface area contributed by atoms with E-state index in [0.717, 1.165) is 5.01 Å². The molecule has 2 heterocycles. The minimum atomic E-state index is -1.13. The number of thiazole rings is 1. The summed E-state index contributed by atoms with van der Waals surface area (Å²) < 4.78 is 25.0. The van der Waals surface area contributed by atoms with Gasteiger partial charge >= 0.3 is 5.97 Å². The lowest BCUT2D eigenvalue weighted by atomic mass is 9.97. The van der Waals surface area contributed by atoms with E-state index in [1.165, 1.54) is 18.4 Å². The second-order valence-corrected chi connectivity index (χ2v) is 10.3. The third-order valence-electron chi connectivity index (χ3n) is 3.93. The average Bonchev–Trinajstić information content (AvgIpc) is 3.01. The number of ether oxygens (including phenoxy) is 2. The zero-order valence-corrected chi connectivity index (χ0v) is 16.7. The molecule has 0 bridgehead atoms. The van der Waals surface area contributed by atoms with E-state index in [4.69, 9.17) is 9.47 Å². The van der Waals surface area contributed by atoms with Crippen LogP contribution in [0.1, 0.15) is 62.6 Å². The summed E-state index contributed by atoms with van der Waals surface area (Å²) in [4.78, 5) is 15.9. The van der Waals surface area contributed by atoms with Crippen molar-refractivity contribution in [1.29, 1.82) is 0 Å². The largest absolute Gasteiger partial charge is 0.464 e. The fourth-order valence-corrected chi connectivity index (χ4v) is 4.88. The van der Waals surface area contributed by atoms with Crippen LogP contribution >= 0.6 is 11.3 Å². The molecule has 0 radical (unpaired) electrons. The Hall–Kier alpha value is -0.830. The summed E-state index contributed by atoms with van der Waals surface area (Å²) in [5.41, 5.74) is 0.308. The molecule has 8 heteroatoms. The molecule has 0 spiro atoms. The number of carbonyl (C=O) groups excluding carboxylic acids is 1. The van der Waals surface area contributed by atoms with Gasteiger partial charge in [0.2, 0.25) is 0 Å². The standard InChI is InChI=1S/C16H26N2O4S2/c1-10(2)12-7-13(14-17-11(8-23-14)15(19)21-6)22-9-18(12)24(20)16(3,4)5/h8,10,12-13H,7,9H2,1-6H3/t12-,13-,24+/m1/s1. The first kappa shape index (κ1) is 19.5. The van der Waals surface area contributed by atoms with Crippen molar-refractivity contribution in [3.05, 3.63) is 16.1 Å². The summed E-state index contributed by atoms with van der Waals surface area (Å²) in [7, 11) is 0.208. The molecule has 1 aliphatic rings. The molecular formula is C16H26N2O4S2. The SMILES string of the molecule is COC(=O)c1csc([C@H]2C[C@H](C(C)C)N([S@@](=O)C(C)(C)C)CO2)n1. The number of carbonyl (C=O) groups is 1. The normalized spacial score (nSPS) is 24.1. The van der Waals surface area contributed by atoms with E-state index in [1.54, 1.807) is 5.38 Å². The Morgan fingerprint density at radius 2 is 2.17 bits per heavy atom. The van der Waals surface area contributed by atoms with Crippen LogP contribution in [0, 0.1) is 5.92 Å². The number of aromatic nitrogens is 1. The second kappa shape index (κ2) is 7.59. The molecule has 136 valence electrons. The highest BCUT2D eigenvalue weighted by Crippen LogP contribution is 2.36. The predicted molar refractivity (Wildman–Crippen MR) is 95.1 cm³/mol. The highest BCUT2D eigenvalue weighted by atomic mass is 32.2. The molecule has 0 aromatic carbocycles. The molecule has 0 aliphatic carbocycles. The third-order valence-corrected chi connectivity index (χ3v) is 6.71. The van der Waals surface area contributed by atoms with Gasteiger partial charge < -0.3 is 9.47 Å². The van der Waals surface area contributed by atoms with Crippen LogP contribution in [0.5, 0.6) is 0 Å². The summed E-state index contributed by atoms with van der Waals surface area (Å²) in [6.45, 7) is 10.5. The number of rotatable bonds is 4. The topological polar surface area (TPSA) is 68.7 Å². The number of hydrogen-bond donors (Lipinski definition) is 0. The van der Waals surface area contributed by atoms with Crippen LogP contribution < -0.4 is 0 Å². The molecule has 6 nitrogen and oxygen atoms in total. The highest BCUT2D eigenvalue weighted by molar-refractivity contribution is 7.84. The van der Waals surface area contributed by atoms with Crippen molar-refractivity contribution in [1.82, 2.24) is 9.29 Å². The number of hydrogen-bond acceptors (Lipinski definition) is 6. The van der Waals surface area contributed by atoms with Gasteiger partial charge in [-0.3, -0.25) is 0 Å². The van der Waals surface area contributed by atoms with Crippen LogP contribution in [0.15, 0.2) is 5.38 Å². The lowest BCUT2D eigenvalue weighted by molar-refractivity contribution is -0.0694. The maximum atomic E-state index is 12.8. The first-order valence-electron chi connectivity index (χ1n) is 7.99. The van der Waals surface area contributed by atoms with Crippen molar-refractivity contribution >= 4 is 28.3 Å². The zero-order valence-electron chi connectivity index (χ0n) is 15.1. The Morgan fingerprint density at radius 1 is 1.50 bits per heavy atom. The van der Waals surface area contributed by atoms with E-state index in [2.05, 4.69) is 18.8 Å². The van der Waals surface area contributed by atoms with Gasteiger partial charge in [-0.2, -0.15) is 4.31 Å². The number of esters is 1. The van der Waals surface area contributed by atoms with Gasteiger partial charge in [0, 0.05) is 11.4 Å². The van der Waals surface area contributed by atoms with Crippen molar-refractivity contribution in [2.24, 2.45) is 5.92 Å². The summed E-state index contributed by atoms with van der Waals surface area (Å²) >= 11 is 1.40. The minimum Gasteiger partial charge on any atom is -0.464 e. The lowest BCUT2D eigenvalue weighted by Crippen LogP contribution is -2.50. The van der Waals surface area contributed by atoms with E-state index in [9.17, 15) is 9.00 Å². The molecule has 1 fully saturated rings. The van der Waals surface area contributed by atoms with Gasteiger partial charge in [-0.1, -0.05) is 13.8 Å². The number of nitrogens with zero attached hydrogens (tertiary/aromatic N) is 2. The van der Waals surface area contributed by atoms with E-state index in [-0.39, 0.29) is 16.9 Å². The maximum Gasteiger partial charge on any atom is 0.357 e. The predicted octanol–water partition coefficient (Wildman–Crippen LogP) is 3.14. The summed E-state index contributed by atoms with van der Waals surface area (Å²) in [5, 5.41) is 2.46. The molecular weight excluding hydrogens is 348 g/mol. The van der Waals surface area contributed by atoms with Gasteiger partial charge in [0.1, 0.15) is 28.8 Å². The Labute approximate surface area is 150 Å². The van der Waals surface area contributed by atoms with Crippen LogP contribution in [-0.4, -0.2) is 44.1 Å². The van der Waals surface area contributed by atoms with Crippen LogP contribution in [-0.2, 0) is 20.5 Å². The van der Waals surface area contributed by atoms with Crippen molar-refractivity contribution in [3.63, 3.8) is 0 Å². The van der Waals surface area contributed by atoms with Crippen molar-refractivity contribution in [2.75, 3.05) is 13.8 Å². The number of methoxy groups -OCH3 is 1. The van der Waals surface area contributed by atoms with Gasteiger partial charge in [-0.15, -0.1) is 11.3 Å². The van der Waals surface area contributed by atoms with Crippen LogP contribution in [0.2, 0.25) is 0 Å². The van der Waals surface area contributed by atoms with Gasteiger partial charge in [0.15, 0.2) is 5.69 Å². The monoisotopic (exact) mass is 374 g/mol. The van der Waals surface area contributed by atoms with Gasteiger partial charge in [-0.05, 0) is 33.1 Å². The van der Waals surface area contributed by atoms with E-state index in [1.807, 2.05) is 25.1 Å². The summed E-state index contributed by atoms with van der Waals surface area (Å²) in [5.74, 6) is -0.105. The Morgan fingerprint density at radius 3 is 2.71 bits per heavy atom. The fourth-order valence-electron chi connectivity index (χ4n) is 2.60. The highest BCUT2D eigenvalue weighted by Gasteiger charge is 2.39. The van der Waals surface area contributed by atoms with Gasteiger partial charge in [0.25, 0.3) is 0 Å². The molecule has 1 aromatic heterocycles.